The van der Waals surface area contributed by atoms with Crippen molar-refractivity contribution in [2.24, 2.45) is 0 Å². The van der Waals surface area contributed by atoms with Crippen LogP contribution in [0.4, 0.5) is 5.69 Å². The van der Waals surface area contributed by atoms with Crippen LogP contribution in [0.25, 0.3) is 0 Å². The summed E-state index contributed by atoms with van der Waals surface area (Å²) < 4.78 is 2.85. The van der Waals surface area contributed by atoms with Crippen molar-refractivity contribution in [2.75, 3.05) is 25.0 Å². The fraction of sp³-hybridized carbons (Fsp3) is 0.263. The smallest absolute Gasteiger partial charge is 0.261 e. The summed E-state index contributed by atoms with van der Waals surface area (Å²) in [4.78, 5) is 24.5. The van der Waals surface area contributed by atoms with Gasteiger partial charge in [-0.2, -0.15) is 0 Å². The van der Waals surface area contributed by atoms with Gasteiger partial charge in [-0.3, -0.25) is 14.3 Å². The quantitative estimate of drug-likeness (QED) is 0.506. The molecule has 2 aromatic carbocycles. The largest absolute Gasteiger partial charge is 0.383 e. The molecule has 0 spiro atoms. The lowest BCUT2D eigenvalue weighted by molar-refractivity contribution is -0.117. The predicted molar refractivity (Wildman–Crippen MR) is 103 cm³/mol. The SMILES string of the molecule is CCN(C=O)CCNc1ccc(C(=O)NSCc2ccccc2)cc1. The molecule has 2 rings (SSSR count). The number of likely N-dealkylation sites (N-methyl/N-ethyl adjacent to an activating group) is 1. The van der Waals surface area contributed by atoms with Crippen LogP contribution < -0.4 is 10.0 Å². The third kappa shape index (κ3) is 6.51. The first-order chi connectivity index (χ1) is 12.2. The van der Waals surface area contributed by atoms with E-state index < -0.39 is 0 Å². The summed E-state index contributed by atoms with van der Waals surface area (Å²) in [5.41, 5.74) is 2.72. The third-order valence-corrected chi connectivity index (χ3v) is 4.48. The van der Waals surface area contributed by atoms with Crippen molar-refractivity contribution in [1.29, 1.82) is 0 Å². The van der Waals surface area contributed by atoms with E-state index in [1.165, 1.54) is 17.5 Å². The summed E-state index contributed by atoms with van der Waals surface area (Å²) in [5.74, 6) is 0.627. The zero-order valence-electron chi connectivity index (χ0n) is 14.3. The van der Waals surface area contributed by atoms with Crippen molar-refractivity contribution in [3.8, 4) is 0 Å². The molecule has 5 nitrogen and oxygen atoms in total. The Morgan fingerprint density at radius 2 is 1.84 bits per heavy atom. The predicted octanol–water partition coefficient (Wildman–Crippen LogP) is 3.16. The molecule has 0 aromatic heterocycles. The van der Waals surface area contributed by atoms with Gasteiger partial charge in [-0.05, 0) is 48.7 Å². The summed E-state index contributed by atoms with van der Waals surface area (Å²) in [6.07, 6.45) is 0.849. The molecule has 0 saturated heterocycles. The number of nitrogens with zero attached hydrogens (tertiary/aromatic N) is 1. The van der Waals surface area contributed by atoms with Crippen molar-refractivity contribution in [3.05, 3.63) is 65.7 Å². The van der Waals surface area contributed by atoms with Crippen LogP contribution in [-0.4, -0.2) is 36.9 Å². The standard InChI is InChI=1S/C19H23N3O2S/c1-2-22(15-23)13-12-20-18-10-8-17(9-11-18)19(24)21-25-14-16-6-4-3-5-7-16/h3-11,15,20H,2,12-14H2,1H3,(H,21,24). The van der Waals surface area contributed by atoms with Crippen molar-refractivity contribution in [1.82, 2.24) is 9.62 Å². The molecule has 0 aliphatic carbocycles. The number of amides is 2. The fourth-order valence-corrected chi connectivity index (χ4v) is 2.87. The molecule has 132 valence electrons. The molecule has 2 aromatic rings. The van der Waals surface area contributed by atoms with Gasteiger partial charge >= 0.3 is 0 Å². The van der Waals surface area contributed by atoms with E-state index in [4.69, 9.17) is 0 Å². The van der Waals surface area contributed by atoms with E-state index in [-0.39, 0.29) is 5.91 Å². The van der Waals surface area contributed by atoms with Crippen molar-refractivity contribution in [2.45, 2.75) is 12.7 Å². The van der Waals surface area contributed by atoms with Gasteiger partial charge < -0.3 is 10.2 Å². The summed E-state index contributed by atoms with van der Waals surface area (Å²) in [6, 6.07) is 17.3. The van der Waals surface area contributed by atoms with E-state index in [2.05, 4.69) is 10.0 Å². The van der Waals surface area contributed by atoms with E-state index in [1.807, 2.05) is 49.4 Å². The molecule has 6 heteroatoms. The van der Waals surface area contributed by atoms with Crippen LogP contribution in [-0.2, 0) is 10.5 Å². The number of carbonyl (C=O) groups excluding carboxylic acids is 2. The molecule has 25 heavy (non-hydrogen) atoms. The highest BCUT2D eigenvalue weighted by molar-refractivity contribution is 7.97. The molecule has 2 amide bonds. The van der Waals surface area contributed by atoms with Gasteiger partial charge in [0.15, 0.2) is 0 Å². The van der Waals surface area contributed by atoms with Crippen LogP contribution in [0.5, 0.6) is 0 Å². The van der Waals surface area contributed by atoms with E-state index in [9.17, 15) is 9.59 Å². The molecule has 0 aliphatic rings. The minimum Gasteiger partial charge on any atom is -0.383 e. The highest BCUT2D eigenvalue weighted by Gasteiger charge is 2.05. The van der Waals surface area contributed by atoms with E-state index in [0.717, 1.165) is 17.9 Å². The molecular formula is C19H23N3O2S. The number of anilines is 1. The van der Waals surface area contributed by atoms with E-state index >= 15 is 0 Å². The number of benzene rings is 2. The topological polar surface area (TPSA) is 61.4 Å². The fourth-order valence-electron chi connectivity index (χ4n) is 2.19. The Kier molecular flexibility index (Phi) is 7.85. The summed E-state index contributed by atoms with van der Waals surface area (Å²) in [5, 5.41) is 3.24. The normalized spacial score (nSPS) is 10.1. The Bertz CT molecular complexity index is 662. The molecule has 0 radical (unpaired) electrons. The zero-order valence-corrected chi connectivity index (χ0v) is 15.1. The van der Waals surface area contributed by atoms with Crippen LogP contribution in [0.15, 0.2) is 54.6 Å². The number of hydrogen-bond acceptors (Lipinski definition) is 4. The average Bonchev–Trinajstić information content (AvgIpc) is 2.66. The first-order valence-electron chi connectivity index (χ1n) is 8.22. The highest BCUT2D eigenvalue weighted by atomic mass is 32.2. The van der Waals surface area contributed by atoms with Gasteiger partial charge in [0.2, 0.25) is 6.41 Å². The van der Waals surface area contributed by atoms with Crippen LogP contribution >= 0.6 is 11.9 Å². The monoisotopic (exact) mass is 357 g/mol. The van der Waals surface area contributed by atoms with Gasteiger partial charge in [0, 0.05) is 36.6 Å². The van der Waals surface area contributed by atoms with Crippen LogP contribution in [0.3, 0.4) is 0 Å². The van der Waals surface area contributed by atoms with Gasteiger partial charge in [-0.15, -0.1) is 0 Å². The summed E-state index contributed by atoms with van der Waals surface area (Å²) in [6.45, 7) is 3.96. The number of carbonyl (C=O) groups is 2. The second-order valence-corrected chi connectivity index (χ2v) is 6.23. The van der Waals surface area contributed by atoms with Crippen molar-refractivity contribution in [3.63, 3.8) is 0 Å². The van der Waals surface area contributed by atoms with Gasteiger partial charge in [-0.1, -0.05) is 30.3 Å². The molecule has 2 N–H and O–H groups in total. The Morgan fingerprint density at radius 3 is 2.48 bits per heavy atom. The Balaban J connectivity index is 1.74. The number of rotatable bonds is 10. The highest BCUT2D eigenvalue weighted by Crippen LogP contribution is 2.12. The zero-order chi connectivity index (χ0) is 17.9. The minimum atomic E-state index is -0.106. The van der Waals surface area contributed by atoms with Gasteiger partial charge in [0.1, 0.15) is 0 Å². The number of nitrogens with one attached hydrogen (secondary N) is 2. The van der Waals surface area contributed by atoms with Crippen LogP contribution in [0, 0.1) is 0 Å². The lowest BCUT2D eigenvalue weighted by Crippen LogP contribution is -2.27. The van der Waals surface area contributed by atoms with Gasteiger partial charge in [0.05, 0.1) is 0 Å². The number of hydrogen-bond donors (Lipinski definition) is 2. The molecule has 0 unspecified atom stereocenters. The molecule has 0 bridgehead atoms. The molecule has 0 aliphatic heterocycles. The Morgan fingerprint density at radius 1 is 1.12 bits per heavy atom. The molecule has 0 atom stereocenters. The first-order valence-corrected chi connectivity index (χ1v) is 9.21. The third-order valence-electron chi connectivity index (χ3n) is 3.68. The Labute approximate surface area is 152 Å². The maximum Gasteiger partial charge on any atom is 0.261 e. The van der Waals surface area contributed by atoms with Crippen LogP contribution in [0.1, 0.15) is 22.8 Å². The molecule has 0 fully saturated rings. The van der Waals surface area contributed by atoms with Crippen LogP contribution in [0.2, 0.25) is 0 Å². The lowest BCUT2D eigenvalue weighted by Gasteiger charge is -2.15. The van der Waals surface area contributed by atoms with Crippen molar-refractivity contribution < 1.29 is 9.59 Å². The molecular weight excluding hydrogens is 334 g/mol. The second-order valence-electron chi connectivity index (χ2n) is 5.44. The van der Waals surface area contributed by atoms with Gasteiger partial charge in [0.25, 0.3) is 5.91 Å². The van der Waals surface area contributed by atoms with E-state index in [1.54, 1.807) is 17.0 Å². The minimum absolute atomic E-state index is 0.106. The lowest BCUT2D eigenvalue weighted by atomic mass is 10.2. The van der Waals surface area contributed by atoms with E-state index in [0.29, 0.717) is 25.2 Å². The van der Waals surface area contributed by atoms with Gasteiger partial charge in [-0.25, -0.2) is 0 Å². The van der Waals surface area contributed by atoms with Crippen molar-refractivity contribution >= 4 is 30.0 Å². The first kappa shape index (κ1) is 18.9. The Hall–Kier alpha value is -2.47. The maximum absolute atomic E-state index is 12.1. The second kappa shape index (κ2) is 10.4. The maximum atomic E-state index is 12.1. The average molecular weight is 357 g/mol. The molecule has 0 saturated carbocycles. The summed E-state index contributed by atoms with van der Waals surface area (Å²) >= 11 is 1.38. The summed E-state index contributed by atoms with van der Waals surface area (Å²) in [7, 11) is 0. The molecule has 0 heterocycles.